The summed E-state index contributed by atoms with van der Waals surface area (Å²) in [7, 11) is 1.56. The number of fused-ring (bicyclic) bond motifs is 1. The molecule has 164 valence electrons. The second-order valence-electron chi connectivity index (χ2n) is 7.11. The van der Waals surface area contributed by atoms with E-state index in [1.165, 1.54) is 18.2 Å². The molecule has 1 heterocycles. The first-order valence-electron chi connectivity index (χ1n) is 9.64. The molecule has 0 saturated carbocycles. The van der Waals surface area contributed by atoms with Gasteiger partial charge in [-0.05, 0) is 42.0 Å². The predicted octanol–water partition coefficient (Wildman–Crippen LogP) is 4.52. The molecule has 1 unspecified atom stereocenters. The van der Waals surface area contributed by atoms with Gasteiger partial charge in [-0.3, -0.25) is 9.69 Å². The molecular weight excluding hydrogens is 453 g/mol. The zero-order valence-electron chi connectivity index (χ0n) is 16.9. The van der Waals surface area contributed by atoms with Gasteiger partial charge >= 0.3 is 6.03 Å². The van der Waals surface area contributed by atoms with E-state index in [9.17, 15) is 14.7 Å². The number of urea groups is 1. The SMILES string of the molecule is COc1ccc(CNC(=O)C2(O)c3ccccc3NC(=O)N2c2ccc(Cl)c(Cl)c2)cc1. The van der Waals surface area contributed by atoms with E-state index in [1.807, 2.05) is 0 Å². The molecule has 32 heavy (non-hydrogen) atoms. The number of benzene rings is 3. The molecule has 0 spiro atoms. The highest BCUT2D eigenvalue weighted by molar-refractivity contribution is 6.42. The number of carbonyl (C=O) groups is 2. The molecule has 4 rings (SSSR count). The second kappa shape index (κ2) is 8.70. The first-order valence-corrected chi connectivity index (χ1v) is 10.4. The van der Waals surface area contributed by atoms with Crippen molar-refractivity contribution in [2.24, 2.45) is 0 Å². The second-order valence-corrected chi connectivity index (χ2v) is 7.93. The van der Waals surface area contributed by atoms with Crippen LogP contribution in [0.4, 0.5) is 16.2 Å². The Balaban J connectivity index is 1.73. The molecule has 3 amide bonds. The van der Waals surface area contributed by atoms with E-state index in [-0.39, 0.29) is 27.8 Å². The average molecular weight is 472 g/mol. The molecule has 1 atom stereocenters. The lowest BCUT2D eigenvalue weighted by molar-refractivity contribution is -0.140. The lowest BCUT2D eigenvalue weighted by Gasteiger charge is -2.42. The Kier molecular flexibility index (Phi) is 5.97. The summed E-state index contributed by atoms with van der Waals surface area (Å²) in [5.41, 5.74) is -0.789. The monoisotopic (exact) mass is 471 g/mol. The highest BCUT2D eigenvalue weighted by Gasteiger charge is 2.51. The molecule has 0 aromatic heterocycles. The van der Waals surface area contributed by atoms with Crippen LogP contribution in [0.25, 0.3) is 0 Å². The number of aliphatic hydroxyl groups is 1. The summed E-state index contributed by atoms with van der Waals surface area (Å²) in [6.45, 7) is 0.129. The maximum absolute atomic E-state index is 13.4. The van der Waals surface area contributed by atoms with Gasteiger partial charge in [-0.15, -0.1) is 0 Å². The van der Waals surface area contributed by atoms with Crippen molar-refractivity contribution in [1.82, 2.24) is 5.32 Å². The standard InChI is InChI=1S/C23H19Cl2N3O4/c1-32-16-9-6-14(7-10-16)13-26-21(29)23(31)17-4-2-3-5-20(17)27-22(30)28(23)15-8-11-18(24)19(25)12-15/h2-12,31H,13H2,1H3,(H,26,29)(H,27,30). The van der Waals surface area contributed by atoms with E-state index in [1.54, 1.807) is 55.6 Å². The minimum absolute atomic E-state index is 0.129. The lowest BCUT2D eigenvalue weighted by Crippen LogP contribution is -2.62. The third kappa shape index (κ3) is 3.86. The highest BCUT2D eigenvalue weighted by Crippen LogP contribution is 2.41. The van der Waals surface area contributed by atoms with Crippen molar-refractivity contribution in [1.29, 1.82) is 0 Å². The zero-order chi connectivity index (χ0) is 22.9. The average Bonchev–Trinajstić information content (AvgIpc) is 2.80. The van der Waals surface area contributed by atoms with Gasteiger partial charge in [-0.2, -0.15) is 0 Å². The maximum atomic E-state index is 13.4. The van der Waals surface area contributed by atoms with Gasteiger partial charge in [0.15, 0.2) is 0 Å². The van der Waals surface area contributed by atoms with Gasteiger partial charge in [0, 0.05) is 12.1 Å². The van der Waals surface area contributed by atoms with E-state index in [4.69, 9.17) is 27.9 Å². The lowest BCUT2D eigenvalue weighted by atomic mass is 9.94. The fraction of sp³-hybridized carbons (Fsp3) is 0.130. The first kappa shape index (κ1) is 22.0. The molecule has 0 fully saturated rings. The summed E-state index contributed by atoms with van der Waals surface area (Å²) in [4.78, 5) is 27.4. The minimum atomic E-state index is -2.33. The van der Waals surface area contributed by atoms with Crippen LogP contribution in [-0.4, -0.2) is 24.2 Å². The molecule has 0 bridgehead atoms. The Bertz CT molecular complexity index is 1190. The van der Waals surface area contributed by atoms with Crippen molar-refractivity contribution in [3.63, 3.8) is 0 Å². The maximum Gasteiger partial charge on any atom is 0.329 e. The number of halogens is 2. The molecule has 3 N–H and O–H groups in total. The van der Waals surface area contributed by atoms with Crippen LogP contribution in [0.15, 0.2) is 66.7 Å². The Hall–Kier alpha value is -3.26. The van der Waals surface area contributed by atoms with Gasteiger partial charge in [0.2, 0.25) is 0 Å². The number of anilines is 2. The van der Waals surface area contributed by atoms with Crippen LogP contribution < -0.4 is 20.3 Å². The minimum Gasteiger partial charge on any atom is -0.497 e. The first-order chi connectivity index (χ1) is 15.3. The molecule has 3 aromatic carbocycles. The third-order valence-electron chi connectivity index (χ3n) is 5.16. The van der Waals surface area contributed by atoms with Crippen molar-refractivity contribution < 1.29 is 19.4 Å². The van der Waals surface area contributed by atoms with Crippen molar-refractivity contribution in [3.05, 3.63) is 87.9 Å². The Labute approximate surface area is 194 Å². The fourth-order valence-corrected chi connectivity index (χ4v) is 3.83. The fourth-order valence-electron chi connectivity index (χ4n) is 3.54. The summed E-state index contributed by atoms with van der Waals surface area (Å²) >= 11 is 12.1. The largest absolute Gasteiger partial charge is 0.497 e. The molecule has 0 radical (unpaired) electrons. The summed E-state index contributed by atoms with van der Waals surface area (Å²) in [5, 5.41) is 17.6. The van der Waals surface area contributed by atoms with Crippen LogP contribution in [-0.2, 0) is 17.1 Å². The summed E-state index contributed by atoms with van der Waals surface area (Å²) in [5.74, 6) is -0.0935. The van der Waals surface area contributed by atoms with Gasteiger partial charge < -0.3 is 20.5 Å². The molecule has 0 saturated heterocycles. The quantitative estimate of drug-likeness (QED) is 0.510. The predicted molar refractivity (Wildman–Crippen MR) is 123 cm³/mol. The molecule has 0 aliphatic carbocycles. The normalized spacial score (nSPS) is 17.4. The van der Waals surface area contributed by atoms with E-state index in [2.05, 4.69) is 10.6 Å². The van der Waals surface area contributed by atoms with Gasteiger partial charge in [-0.25, -0.2) is 4.79 Å². The molecular formula is C23H19Cl2N3O4. The topological polar surface area (TPSA) is 90.9 Å². The van der Waals surface area contributed by atoms with Crippen LogP contribution >= 0.6 is 23.2 Å². The van der Waals surface area contributed by atoms with Gasteiger partial charge in [-0.1, -0.05) is 53.5 Å². The van der Waals surface area contributed by atoms with Crippen molar-refractivity contribution in [3.8, 4) is 5.75 Å². The highest BCUT2D eigenvalue weighted by atomic mass is 35.5. The van der Waals surface area contributed by atoms with Crippen LogP contribution in [0, 0.1) is 0 Å². The number of methoxy groups -OCH3 is 1. The number of ether oxygens (including phenoxy) is 1. The Morgan fingerprint density at radius 1 is 1.09 bits per heavy atom. The van der Waals surface area contributed by atoms with Crippen LogP contribution in [0.5, 0.6) is 5.75 Å². The summed E-state index contributed by atoms with van der Waals surface area (Å²) in [6.07, 6.45) is 0. The number of rotatable bonds is 5. The van der Waals surface area contributed by atoms with Gasteiger partial charge in [0.25, 0.3) is 11.6 Å². The zero-order valence-corrected chi connectivity index (χ0v) is 18.4. The van der Waals surface area contributed by atoms with Crippen molar-refractivity contribution in [2.75, 3.05) is 17.3 Å². The van der Waals surface area contributed by atoms with Crippen LogP contribution in [0.1, 0.15) is 11.1 Å². The number of nitrogens with zero attached hydrogens (tertiary/aromatic N) is 1. The number of hydrogen-bond donors (Lipinski definition) is 3. The number of hydrogen-bond acceptors (Lipinski definition) is 4. The molecule has 7 nitrogen and oxygen atoms in total. The molecule has 3 aromatic rings. The third-order valence-corrected chi connectivity index (χ3v) is 5.90. The van der Waals surface area contributed by atoms with Gasteiger partial charge in [0.1, 0.15) is 5.75 Å². The number of nitrogens with one attached hydrogen (secondary N) is 2. The van der Waals surface area contributed by atoms with E-state index in [0.29, 0.717) is 11.4 Å². The van der Waals surface area contributed by atoms with Crippen molar-refractivity contribution in [2.45, 2.75) is 12.3 Å². The summed E-state index contributed by atoms with van der Waals surface area (Å²) < 4.78 is 5.14. The number of para-hydroxylation sites is 1. The van der Waals surface area contributed by atoms with E-state index in [0.717, 1.165) is 10.5 Å². The van der Waals surface area contributed by atoms with Crippen LogP contribution in [0.3, 0.4) is 0 Å². The number of amides is 3. The Morgan fingerprint density at radius 3 is 2.50 bits per heavy atom. The molecule has 1 aliphatic heterocycles. The molecule has 9 heteroatoms. The van der Waals surface area contributed by atoms with Crippen LogP contribution in [0.2, 0.25) is 10.0 Å². The molecule has 1 aliphatic rings. The van der Waals surface area contributed by atoms with E-state index >= 15 is 0 Å². The van der Waals surface area contributed by atoms with Gasteiger partial charge in [0.05, 0.1) is 28.5 Å². The van der Waals surface area contributed by atoms with Crippen molar-refractivity contribution >= 4 is 46.5 Å². The van der Waals surface area contributed by atoms with E-state index < -0.39 is 17.7 Å². The number of carbonyl (C=O) groups excluding carboxylic acids is 2. The smallest absolute Gasteiger partial charge is 0.329 e. The Morgan fingerprint density at radius 2 is 1.81 bits per heavy atom. The summed E-state index contributed by atoms with van der Waals surface area (Å²) in [6, 6.07) is 17.4.